The van der Waals surface area contributed by atoms with E-state index in [1.54, 1.807) is 6.07 Å². The van der Waals surface area contributed by atoms with Gasteiger partial charge in [0, 0.05) is 10.8 Å². The van der Waals surface area contributed by atoms with E-state index in [0.29, 0.717) is 5.75 Å². The molecular weight excluding hydrogens is 188 g/mol. The number of phenols is 1. The number of hydrogen-bond donors (Lipinski definition) is 1. The normalized spacial score (nSPS) is 10.9. The first-order chi connectivity index (χ1) is 7.18. The molecule has 0 radical (unpaired) electrons. The summed E-state index contributed by atoms with van der Waals surface area (Å²) in [6, 6.07) is 11.2. The third-order valence-corrected chi connectivity index (χ3v) is 2.22. The quantitative estimate of drug-likeness (QED) is 0.809. The Hall–Kier alpha value is -1.70. The van der Waals surface area contributed by atoms with E-state index in [2.05, 4.69) is 0 Å². The molecule has 0 aromatic heterocycles. The van der Waals surface area contributed by atoms with Gasteiger partial charge in [0.25, 0.3) is 0 Å². The molecule has 0 aliphatic rings. The van der Waals surface area contributed by atoms with E-state index in [1.807, 2.05) is 44.2 Å². The lowest BCUT2D eigenvalue weighted by Crippen LogP contribution is -2.05. The Morgan fingerprint density at radius 2 is 1.67 bits per heavy atom. The number of ether oxygens (including phenoxy) is 1. The highest BCUT2D eigenvalue weighted by Crippen LogP contribution is 2.31. The molecule has 0 aliphatic heterocycles. The average molecular weight is 202 g/mol. The van der Waals surface area contributed by atoms with Crippen molar-refractivity contribution in [1.29, 1.82) is 0 Å². The van der Waals surface area contributed by atoms with Gasteiger partial charge in [0.1, 0.15) is 11.5 Å². The highest BCUT2D eigenvalue weighted by Gasteiger charge is 2.05. The molecule has 2 aromatic rings. The van der Waals surface area contributed by atoms with Gasteiger partial charge in [0.15, 0.2) is 0 Å². The molecule has 2 aromatic carbocycles. The molecular formula is C13H14O2. The second-order valence-electron chi connectivity index (χ2n) is 3.80. The number of benzene rings is 2. The Morgan fingerprint density at radius 1 is 1.00 bits per heavy atom. The van der Waals surface area contributed by atoms with Gasteiger partial charge in [-0.3, -0.25) is 0 Å². The fraction of sp³-hybridized carbons (Fsp3) is 0.231. The average Bonchev–Trinajstić information content (AvgIpc) is 2.19. The van der Waals surface area contributed by atoms with Crippen LogP contribution in [0.3, 0.4) is 0 Å². The molecule has 15 heavy (non-hydrogen) atoms. The number of rotatable bonds is 2. The van der Waals surface area contributed by atoms with Gasteiger partial charge >= 0.3 is 0 Å². The third kappa shape index (κ3) is 1.89. The molecule has 0 unspecified atom stereocenters. The van der Waals surface area contributed by atoms with E-state index in [9.17, 15) is 5.11 Å². The van der Waals surface area contributed by atoms with Crippen LogP contribution in [0.15, 0.2) is 36.4 Å². The minimum atomic E-state index is 0.137. The second kappa shape index (κ2) is 3.81. The molecule has 0 spiro atoms. The molecule has 0 fully saturated rings. The Balaban J connectivity index is 2.61. The molecule has 78 valence electrons. The Labute approximate surface area is 89.1 Å². The summed E-state index contributed by atoms with van der Waals surface area (Å²) >= 11 is 0. The molecule has 0 amide bonds. The van der Waals surface area contributed by atoms with Crippen LogP contribution < -0.4 is 4.74 Å². The molecule has 0 bridgehead atoms. The van der Waals surface area contributed by atoms with Crippen LogP contribution in [0, 0.1) is 0 Å². The fourth-order valence-electron chi connectivity index (χ4n) is 1.62. The lowest BCUT2D eigenvalue weighted by Gasteiger charge is -2.12. The van der Waals surface area contributed by atoms with E-state index in [-0.39, 0.29) is 6.10 Å². The van der Waals surface area contributed by atoms with Crippen LogP contribution >= 0.6 is 0 Å². The molecule has 2 nitrogen and oxygen atoms in total. The van der Waals surface area contributed by atoms with Crippen LogP contribution in [0.4, 0.5) is 0 Å². The van der Waals surface area contributed by atoms with E-state index in [1.165, 1.54) is 0 Å². The Bertz CT molecular complexity index is 475. The molecule has 2 rings (SSSR count). The van der Waals surface area contributed by atoms with Crippen LogP contribution in [0.5, 0.6) is 11.5 Å². The predicted octanol–water partition coefficient (Wildman–Crippen LogP) is 3.33. The minimum absolute atomic E-state index is 0.137. The maximum Gasteiger partial charge on any atom is 0.127 e. The lowest BCUT2D eigenvalue weighted by atomic mass is 10.1. The van der Waals surface area contributed by atoms with Crippen molar-refractivity contribution in [3.05, 3.63) is 36.4 Å². The fourth-order valence-corrected chi connectivity index (χ4v) is 1.62. The molecule has 0 heterocycles. The zero-order chi connectivity index (χ0) is 10.8. The van der Waals surface area contributed by atoms with Crippen LogP contribution in [-0.2, 0) is 0 Å². The summed E-state index contributed by atoms with van der Waals surface area (Å²) in [6.45, 7) is 3.98. The summed E-state index contributed by atoms with van der Waals surface area (Å²) in [5.74, 6) is 1.11. The van der Waals surface area contributed by atoms with Gasteiger partial charge in [-0.25, -0.2) is 0 Å². The molecule has 0 atom stereocenters. The van der Waals surface area contributed by atoms with Gasteiger partial charge in [-0.2, -0.15) is 0 Å². The first-order valence-corrected chi connectivity index (χ1v) is 5.06. The molecule has 2 heteroatoms. The maximum atomic E-state index is 9.67. The van der Waals surface area contributed by atoms with Gasteiger partial charge in [-0.15, -0.1) is 0 Å². The Morgan fingerprint density at radius 3 is 2.40 bits per heavy atom. The smallest absolute Gasteiger partial charge is 0.127 e. The Kier molecular flexibility index (Phi) is 2.50. The van der Waals surface area contributed by atoms with Crippen molar-refractivity contribution in [3.8, 4) is 11.5 Å². The van der Waals surface area contributed by atoms with Crippen LogP contribution in [0.1, 0.15) is 13.8 Å². The van der Waals surface area contributed by atoms with Crippen LogP contribution in [0.25, 0.3) is 10.8 Å². The monoisotopic (exact) mass is 202 g/mol. The van der Waals surface area contributed by atoms with Crippen molar-refractivity contribution >= 4 is 10.8 Å². The van der Waals surface area contributed by atoms with Crippen LogP contribution in [-0.4, -0.2) is 11.2 Å². The SMILES string of the molecule is CC(C)Oc1cccc2c(O)cccc12. The van der Waals surface area contributed by atoms with Gasteiger partial charge in [-0.05, 0) is 26.0 Å². The van der Waals surface area contributed by atoms with Crippen LogP contribution in [0.2, 0.25) is 0 Å². The van der Waals surface area contributed by atoms with Gasteiger partial charge < -0.3 is 9.84 Å². The summed E-state index contributed by atoms with van der Waals surface area (Å²) in [6.07, 6.45) is 0.137. The standard InChI is InChI=1S/C13H14O2/c1-9(2)15-13-8-4-5-10-11(13)6-3-7-12(10)14/h3-9,14H,1-2H3. The lowest BCUT2D eigenvalue weighted by molar-refractivity contribution is 0.245. The van der Waals surface area contributed by atoms with E-state index < -0.39 is 0 Å². The highest BCUT2D eigenvalue weighted by molar-refractivity contribution is 5.92. The molecule has 1 N–H and O–H groups in total. The van der Waals surface area contributed by atoms with E-state index >= 15 is 0 Å². The largest absolute Gasteiger partial charge is 0.507 e. The second-order valence-corrected chi connectivity index (χ2v) is 3.80. The number of hydrogen-bond acceptors (Lipinski definition) is 2. The topological polar surface area (TPSA) is 29.5 Å². The zero-order valence-corrected chi connectivity index (χ0v) is 8.90. The molecule has 0 saturated carbocycles. The summed E-state index contributed by atoms with van der Waals surface area (Å²) < 4.78 is 5.67. The van der Waals surface area contributed by atoms with Gasteiger partial charge in [0.2, 0.25) is 0 Å². The van der Waals surface area contributed by atoms with Crippen molar-refractivity contribution in [2.45, 2.75) is 20.0 Å². The molecule has 0 aliphatic carbocycles. The molecule has 0 saturated heterocycles. The summed E-state index contributed by atoms with van der Waals surface area (Å²) in [5, 5.41) is 11.5. The van der Waals surface area contributed by atoms with Crippen molar-refractivity contribution in [2.24, 2.45) is 0 Å². The van der Waals surface area contributed by atoms with Gasteiger partial charge in [-0.1, -0.05) is 24.3 Å². The summed E-state index contributed by atoms with van der Waals surface area (Å²) in [5.41, 5.74) is 0. The minimum Gasteiger partial charge on any atom is -0.507 e. The van der Waals surface area contributed by atoms with Crippen molar-refractivity contribution in [1.82, 2.24) is 0 Å². The third-order valence-electron chi connectivity index (χ3n) is 2.22. The summed E-state index contributed by atoms with van der Waals surface area (Å²) in [7, 11) is 0. The number of fused-ring (bicyclic) bond motifs is 1. The van der Waals surface area contributed by atoms with E-state index in [4.69, 9.17) is 4.74 Å². The summed E-state index contributed by atoms with van der Waals surface area (Å²) in [4.78, 5) is 0. The van der Waals surface area contributed by atoms with E-state index in [0.717, 1.165) is 16.5 Å². The predicted molar refractivity (Wildman–Crippen MR) is 61.4 cm³/mol. The maximum absolute atomic E-state index is 9.67. The van der Waals surface area contributed by atoms with Gasteiger partial charge in [0.05, 0.1) is 6.10 Å². The van der Waals surface area contributed by atoms with Crippen molar-refractivity contribution in [2.75, 3.05) is 0 Å². The first-order valence-electron chi connectivity index (χ1n) is 5.06. The zero-order valence-electron chi connectivity index (χ0n) is 8.90. The highest BCUT2D eigenvalue weighted by atomic mass is 16.5. The van der Waals surface area contributed by atoms with Crippen molar-refractivity contribution in [3.63, 3.8) is 0 Å². The number of phenolic OH excluding ortho intramolecular Hbond substituents is 1. The first kappa shape index (κ1) is 9.84. The number of aromatic hydroxyl groups is 1. The van der Waals surface area contributed by atoms with Crippen molar-refractivity contribution < 1.29 is 9.84 Å².